The van der Waals surface area contributed by atoms with Crippen LogP contribution in [0.2, 0.25) is 0 Å². The lowest BCUT2D eigenvalue weighted by Gasteiger charge is -2.15. The first-order valence-corrected chi connectivity index (χ1v) is 8.10. The van der Waals surface area contributed by atoms with Gasteiger partial charge in [-0.05, 0) is 38.5 Å². The van der Waals surface area contributed by atoms with Gasteiger partial charge in [0.15, 0.2) is 0 Å². The first-order chi connectivity index (χ1) is 10.2. The van der Waals surface area contributed by atoms with Crippen LogP contribution in [0.5, 0.6) is 0 Å². The molecule has 0 radical (unpaired) electrons. The molecular weight excluding hydrogens is 310 g/mol. The van der Waals surface area contributed by atoms with Gasteiger partial charge in [0.05, 0.1) is 13.1 Å². The zero-order chi connectivity index (χ0) is 16.9. The highest BCUT2D eigenvalue weighted by Gasteiger charge is 2.10. The van der Waals surface area contributed by atoms with Crippen molar-refractivity contribution >= 4 is 27.1 Å². The lowest BCUT2D eigenvalue weighted by Crippen LogP contribution is -3.06. The third-order valence-electron chi connectivity index (χ3n) is 3.21. The Hall–Kier alpha value is -1.74. The van der Waals surface area contributed by atoms with Gasteiger partial charge in [-0.25, -0.2) is 13.2 Å². The molecule has 122 valence electrons. The molecule has 2 rings (SSSR count). The maximum atomic E-state index is 11.4. The summed E-state index contributed by atoms with van der Waals surface area (Å²) in [5.41, 5.74) is 2.56. The fourth-order valence-electron chi connectivity index (χ4n) is 2.20. The number of aryl methyl sites for hydroxylation is 1. The second kappa shape index (κ2) is 7.50. The van der Waals surface area contributed by atoms with E-state index in [4.69, 9.17) is 21.9 Å². The van der Waals surface area contributed by atoms with Crippen molar-refractivity contribution in [1.29, 1.82) is 0 Å². The van der Waals surface area contributed by atoms with Crippen molar-refractivity contribution in [1.82, 2.24) is 0 Å². The second-order valence-corrected chi connectivity index (χ2v) is 5.55. The van der Waals surface area contributed by atoms with Crippen molar-refractivity contribution in [3.8, 4) is 0 Å². The summed E-state index contributed by atoms with van der Waals surface area (Å²) in [6, 6.07) is 7.66. The molecule has 7 nitrogen and oxygen atoms in total. The van der Waals surface area contributed by atoms with Gasteiger partial charge in [0, 0.05) is 17.5 Å². The summed E-state index contributed by atoms with van der Waals surface area (Å²) in [6.07, 6.45) is 0. The third kappa shape index (κ3) is 5.57. The molecule has 0 saturated heterocycles. The summed E-state index contributed by atoms with van der Waals surface area (Å²) in [6.45, 7) is 8.28. The number of hydrogen-bond acceptors (Lipinski definition) is 5. The minimum Gasteiger partial charge on any atom is -0.726 e. The first-order valence-electron chi connectivity index (χ1n) is 6.73. The van der Waals surface area contributed by atoms with Crippen LogP contribution in [0, 0.1) is 6.92 Å². The van der Waals surface area contributed by atoms with E-state index < -0.39 is 10.4 Å². The second-order valence-electron chi connectivity index (χ2n) is 4.70. The maximum absolute atomic E-state index is 11.4. The Morgan fingerprint density at radius 2 is 1.77 bits per heavy atom. The fourth-order valence-corrected chi connectivity index (χ4v) is 2.20. The van der Waals surface area contributed by atoms with Crippen LogP contribution in [-0.2, 0) is 10.4 Å². The van der Waals surface area contributed by atoms with Crippen molar-refractivity contribution in [2.24, 2.45) is 0 Å². The average molecular weight is 329 g/mol. The molecule has 22 heavy (non-hydrogen) atoms. The van der Waals surface area contributed by atoms with Crippen molar-refractivity contribution < 1.29 is 26.8 Å². The summed E-state index contributed by atoms with van der Waals surface area (Å²) in [4.78, 5) is 12.7. The highest BCUT2D eigenvalue weighted by Crippen LogP contribution is 2.18. The number of nitrogens with one attached hydrogen (secondary N) is 1. The molecule has 0 bridgehead atoms. The highest BCUT2D eigenvalue weighted by molar-refractivity contribution is 7.79. The molecule has 0 aliphatic rings. The lowest BCUT2D eigenvalue weighted by molar-refractivity contribution is -0.828. The van der Waals surface area contributed by atoms with E-state index in [9.17, 15) is 4.79 Å². The standard InChI is InChI=1S/C14H17NO2.H2O4S/c1-4-15(5-2)11-6-7-12-10(3)8-14(16)17-13(12)9-11;1-5(2,3)4/h6-9H,4-5H2,1-3H3;(H2,1,2,3,4). The van der Waals surface area contributed by atoms with E-state index >= 15 is 0 Å². The van der Waals surface area contributed by atoms with Crippen LogP contribution >= 0.6 is 0 Å². The van der Waals surface area contributed by atoms with E-state index in [1.807, 2.05) is 19.1 Å². The maximum Gasteiger partial charge on any atom is 0.336 e. The van der Waals surface area contributed by atoms with E-state index in [-0.39, 0.29) is 5.63 Å². The zero-order valence-corrected chi connectivity index (χ0v) is 13.4. The molecule has 2 N–H and O–H groups in total. The van der Waals surface area contributed by atoms with Gasteiger partial charge in [-0.2, -0.15) is 0 Å². The Morgan fingerprint density at radius 3 is 2.27 bits per heavy atom. The van der Waals surface area contributed by atoms with Crippen molar-refractivity contribution in [3.05, 3.63) is 40.2 Å². The molecule has 0 saturated carbocycles. The van der Waals surface area contributed by atoms with E-state index in [1.165, 1.54) is 16.7 Å². The van der Waals surface area contributed by atoms with E-state index in [0.29, 0.717) is 5.58 Å². The molecule has 1 heterocycles. The van der Waals surface area contributed by atoms with Crippen molar-refractivity contribution in [2.75, 3.05) is 13.1 Å². The Labute approximate surface area is 128 Å². The monoisotopic (exact) mass is 329 g/mol. The molecule has 0 spiro atoms. The van der Waals surface area contributed by atoms with Gasteiger partial charge in [0.25, 0.3) is 0 Å². The van der Waals surface area contributed by atoms with Gasteiger partial charge in [-0.1, -0.05) is 0 Å². The Balaban J connectivity index is 0.000000422. The molecule has 0 amide bonds. The summed E-state index contributed by atoms with van der Waals surface area (Å²) < 4.78 is 38.1. The Kier molecular flexibility index (Phi) is 6.24. The third-order valence-corrected chi connectivity index (χ3v) is 3.21. The number of hydrogen-bond donors (Lipinski definition) is 2. The van der Waals surface area contributed by atoms with Crippen LogP contribution in [0.1, 0.15) is 19.4 Å². The van der Waals surface area contributed by atoms with Crippen LogP contribution in [0.15, 0.2) is 33.5 Å². The van der Waals surface area contributed by atoms with Crippen LogP contribution in [-0.4, -0.2) is 30.6 Å². The quantitative estimate of drug-likeness (QED) is 0.486. The molecule has 0 atom stereocenters. The topological polar surface area (TPSA) is 112 Å². The van der Waals surface area contributed by atoms with Crippen LogP contribution in [0.3, 0.4) is 0 Å². The Morgan fingerprint density at radius 1 is 1.23 bits per heavy atom. The summed E-state index contributed by atoms with van der Waals surface area (Å²) in [5, 5.41) is 1.01. The summed E-state index contributed by atoms with van der Waals surface area (Å²) in [7, 11) is -4.92. The minimum atomic E-state index is -4.92. The lowest BCUT2D eigenvalue weighted by atomic mass is 10.1. The van der Waals surface area contributed by atoms with Gasteiger partial charge >= 0.3 is 5.63 Å². The first kappa shape index (κ1) is 18.3. The average Bonchev–Trinajstić information content (AvgIpc) is 2.37. The zero-order valence-electron chi connectivity index (χ0n) is 12.6. The number of benzene rings is 1. The van der Waals surface area contributed by atoms with Crippen molar-refractivity contribution in [2.45, 2.75) is 20.8 Å². The number of rotatable bonds is 3. The predicted octanol–water partition coefficient (Wildman–Crippen LogP) is 0.662. The summed E-state index contributed by atoms with van der Waals surface area (Å²) >= 11 is 0. The van der Waals surface area contributed by atoms with Gasteiger partial charge in [0.1, 0.15) is 11.3 Å². The van der Waals surface area contributed by atoms with E-state index in [1.54, 1.807) is 0 Å². The molecule has 1 aromatic heterocycles. The van der Waals surface area contributed by atoms with Gasteiger partial charge in [0.2, 0.25) is 10.4 Å². The van der Waals surface area contributed by atoms with E-state index in [0.717, 1.165) is 24.0 Å². The molecule has 0 fully saturated rings. The van der Waals surface area contributed by atoms with E-state index in [2.05, 4.69) is 19.9 Å². The largest absolute Gasteiger partial charge is 0.726 e. The molecule has 8 heteroatoms. The van der Waals surface area contributed by atoms with Crippen LogP contribution in [0.25, 0.3) is 11.0 Å². The van der Waals surface area contributed by atoms with Gasteiger partial charge < -0.3 is 13.9 Å². The smallest absolute Gasteiger partial charge is 0.336 e. The Bertz CT molecular complexity index is 785. The number of quaternary nitrogens is 1. The fraction of sp³-hybridized carbons (Fsp3) is 0.357. The van der Waals surface area contributed by atoms with Crippen LogP contribution in [0.4, 0.5) is 5.69 Å². The molecule has 0 aliphatic heterocycles. The molecular formula is C14H19NO6S. The van der Waals surface area contributed by atoms with Gasteiger partial charge in [-0.3, -0.25) is 4.55 Å². The SMILES string of the molecule is CC[NH+](CC)c1ccc2c(C)cc(=O)oc2c1.O=S(=O)([O-])O. The number of fused-ring (bicyclic) bond motifs is 1. The van der Waals surface area contributed by atoms with Crippen molar-refractivity contribution in [3.63, 3.8) is 0 Å². The summed E-state index contributed by atoms with van der Waals surface area (Å²) in [5.74, 6) is 0. The highest BCUT2D eigenvalue weighted by atomic mass is 32.3. The van der Waals surface area contributed by atoms with Crippen LogP contribution < -0.4 is 10.5 Å². The molecule has 0 aliphatic carbocycles. The molecule has 0 unspecified atom stereocenters. The van der Waals surface area contributed by atoms with Gasteiger partial charge in [-0.15, -0.1) is 0 Å². The molecule has 2 aromatic rings. The minimum absolute atomic E-state index is 0.276. The molecule has 1 aromatic carbocycles. The normalized spacial score (nSPS) is 11.4. The predicted molar refractivity (Wildman–Crippen MR) is 81.3 cm³/mol.